The van der Waals surface area contributed by atoms with Crippen LogP contribution in [0.2, 0.25) is 0 Å². The summed E-state index contributed by atoms with van der Waals surface area (Å²) in [6.45, 7) is 6.23. The Balaban J connectivity index is 2.61. The highest BCUT2D eigenvalue weighted by Crippen LogP contribution is 2.21. The molecule has 1 aliphatic rings. The molecule has 0 aromatic heterocycles. The van der Waals surface area contributed by atoms with Crippen LogP contribution in [0, 0.1) is 0 Å². The van der Waals surface area contributed by atoms with E-state index in [1.54, 1.807) is 11.0 Å². The first-order valence-corrected chi connectivity index (χ1v) is 5.55. The first-order valence-electron chi connectivity index (χ1n) is 5.55. The molecule has 0 spiro atoms. The van der Waals surface area contributed by atoms with E-state index in [1.165, 1.54) is 6.08 Å². The van der Waals surface area contributed by atoms with Crippen LogP contribution in [0.25, 0.3) is 0 Å². The van der Waals surface area contributed by atoms with Gasteiger partial charge in [-0.05, 0) is 39.7 Å². The van der Waals surface area contributed by atoms with Crippen LogP contribution in [0.1, 0.15) is 33.6 Å². The Morgan fingerprint density at radius 2 is 2.12 bits per heavy atom. The standard InChI is InChI=1S/C12H19NO3/c1-12(2,3)16-11(15)13-8-4-6-10(13)7-5-9-14/h5,7,9-10H,4,6,8H2,1-3H3/t10-/m1/s1. The zero-order chi connectivity index (χ0) is 12.2. The fraction of sp³-hybridized carbons (Fsp3) is 0.667. The third-order valence-corrected chi connectivity index (χ3v) is 2.34. The molecule has 0 saturated carbocycles. The molecule has 1 fully saturated rings. The molecule has 0 N–H and O–H groups in total. The monoisotopic (exact) mass is 225 g/mol. The molecule has 0 bridgehead atoms. The van der Waals surface area contributed by atoms with Gasteiger partial charge in [0.1, 0.15) is 11.9 Å². The van der Waals surface area contributed by atoms with Crippen molar-refractivity contribution in [3.8, 4) is 0 Å². The van der Waals surface area contributed by atoms with E-state index in [0.29, 0.717) is 6.54 Å². The number of hydrogen-bond donors (Lipinski definition) is 0. The molecule has 0 radical (unpaired) electrons. The minimum absolute atomic E-state index is 0.0000463. The molecule has 0 unspecified atom stereocenters. The van der Waals surface area contributed by atoms with Crippen molar-refractivity contribution in [1.29, 1.82) is 0 Å². The van der Waals surface area contributed by atoms with Crippen molar-refractivity contribution in [2.24, 2.45) is 0 Å². The number of hydrogen-bond acceptors (Lipinski definition) is 3. The number of likely N-dealkylation sites (tertiary alicyclic amines) is 1. The average Bonchev–Trinajstić information content (AvgIpc) is 2.59. The van der Waals surface area contributed by atoms with Gasteiger partial charge in [-0.3, -0.25) is 4.79 Å². The van der Waals surface area contributed by atoms with Crippen LogP contribution in [-0.4, -0.2) is 35.5 Å². The second-order valence-electron chi connectivity index (χ2n) is 4.90. The molecule has 1 saturated heterocycles. The number of carbonyl (C=O) groups excluding carboxylic acids is 2. The van der Waals surface area contributed by atoms with Crippen molar-refractivity contribution in [3.05, 3.63) is 12.2 Å². The van der Waals surface area contributed by atoms with Gasteiger partial charge >= 0.3 is 6.09 Å². The maximum atomic E-state index is 11.8. The number of ether oxygens (including phenoxy) is 1. The summed E-state index contributed by atoms with van der Waals surface area (Å²) < 4.78 is 5.30. The van der Waals surface area contributed by atoms with E-state index in [0.717, 1.165) is 19.1 Å². The smallest absolute Gasteiger partial charge is 0.410 e. The molecular weight excluding hydrogens is 206 g/mol. The molecule has 4 heteroatoms. The lowest BCUT2D eigenvalue weighted by atomic mass is 10.2. The molecule has 0 aromatic carbocycles. The highest BCUT2D eigenvalue weighted by molar-refractivity contribution is 5.70. The Hall–Kier alpha value is -1.32. The fourth-order valence-corrected chi connectivity index (χ4v) is 1.71. The molecule has 1 atom stereocenters. The van der Waals surface area contributed by atoms with Gasteiger partial charge < -0.3 is 9.64 Å². The number of amides is 1. The van der Waals surface area contributed by atoms with Crippen LogP contribution in [0.4, 0.5) is 4.79 Å². The van der Waals surface area contributed by atoms with Gasteiger partial charge in [0.15, 0.2) is 0 Å². The van der Waals surface area contributed by atoms with Crippen LogP contribution >= 0.6 is 0 Å². The van der Waals surface area contributed by atoms with E-state index >= 15 is 0 Å². The Kier molecular flexibility index (Phi) is 4.10. The minimum Gasteiger partial charge on any atom is -0.444 e. The zero-order valence-corrected chi connectivity index (χ0v) is 10.1. The quantitative estimate of drug-likeness (QED) is 0.534. The van der Waals surface area contributed by atoms with E-state index in [9.17, 15) is 9.59 Å². The fourth-order valence-electron chi connectivity index (χ4n) is 1.71. The number of carbonyl (C=O) groups is 2. The SMILES string of the molecule is CC(C)(C)OC(=O)N1CCC[C@@H]1C=CC=O. The predicted octanol–water partition coefficient (Wildman–Crippen LogP) is 2.14. The Morgan fingerprint density at radius 1 is 1.44 bits per heavy atom. The number of allylic oxidation sites excluding steroid dienone is 1. The molecule has 1 rings (SSSR count). The van der Waals surface area contributed by atoms with E-state index in [1.807, 2.05) is 20.8 Å². The highest BCUT2D eigenvalue weighted by Gasteiger charge is 2.30. The molecule has 0 aliphatic carbocycles. The van der Waals surface area contributed by atoms with Crippen molar-refractivity contribution < 1.29 is 14.3 Å². The second kappa shape index (κ2) is 5.14. The molecule has 16 heavy (non-hydrogen) atoms. The summed E-state index contributed by atoms with van der Waals surface area (Å²) in [6, 6.07) is 0.0000463. The van der Waals surface area contributed by atoms with Crippen LogP contribution in [0.15, 0.2) is 12.2 Å². The van der Waals surface area contributed by atoms with Crippen molar-refractivity contribution >= 4 is 12.4 Å². The topological polar surface area (TPSA) is 46.6 Å². The maximum Gasteiger partial charge on any atom is 0.410 e. The van der Waals surface area contributed by atoms with Gasteiger partial charge in [-0.15, -0.1) is 0 Å². The average molecular weight is 225 g/mol. The van der Waals surface area contributed by atoms with Gasteiger partial charge in [-0.25, -0.2) is 4.79 Å². The Labute approximate surface area is 96.3 Å². The van der Waals surface area contributed by atoms with Crippen LogP contribution in [-0.2, 0) is 9.53 Å². The second-order valence-corrected chi connectivity index (χ2v) is 4.90. The predicted molar refractivity (Wildman–Crippen MR) is 61.2 cm³/mol. The number of rotatable bonds is 2. The van der Waals surface area contributed by atoms with Crippen molar-refractivity contribution in [2.45, 2.75) is 45.3 Å². The third-order valence-electron chi connectivity index (χ3n) is 2.34. The van der Waals surface area contributed by atoms with Gasteiger partial charge in [-0.2, -0.15) is 0 Å². The lowest BCUT2D eigenvalue weighted by molar-refractivity contribution is -0.104. The largest absolute Gasteiger partial charge is 0.444 e. The summed E-state index contributed by atoms with van der Waals surface area (Å²) in [4.78, 5) is 23.7. The molecular formula is C12H19NO3. The molecule has 0 aromatic rings. The maximum absolute atomic E-state index is 11.8. The van der Waals surface area contributed by atoms with Crippen LogP contribution in [0.5, 0.6) is 0 Å². The minimum atomic E-state index is -0.474. The zero-order valence-electron chi connectivity index (χ0n) is 10.1. The van der Waals surface area contributed by atoms with Crippen molar-refractivity contribution in [1.82, 2.24) is 4.90 Å². The summed E-state index contributed by atoms with van der Waals surface area (Å²) >= 11 is 0. The summed E-state index contributed by atoms with van der Waals surface area (Å²) in [6.07, 6.45) is 5.46. The first-order chi connectivity index (χ1) is 7.44. The lowest BCUT2D eigenvalue weighted by Crippen LogP contribution is -2.39. The Bertz CT molecular complexity index is 291. The van der Waals surface area contributed by atoms with Gasteiger partial charge in [0, 0.05) is 6.54 Å². The molecule has 1 aliphatic heterocycles. The summed E-state index contributed by atoms with van der Waals surface area (Å²) in [7, 11) is 0. The van der Waals surface area contributed by atoms with Gasteiger partial charge in [-0.1, -0.05) is 6.08 Å². The summed E-state index contributed by atoms with van der Waals surface area (Å²) in [5.74, 6) is 0. The number of aldehydes is 1. The van der Waals surface area contributed by atoms with E-state index in [2.05, 4.69) is 0 Å². The molecule has 1 amide bonds. The van der Waals surface area contributed by atoms with E-state index in [-0.39, 0.29) is 12.1 Å². The van der Waals surface area contributed by atoms with Gasteiger partial charge in [0.25, 0.3) is 0 Å². The lowest BCUT2D eigenvalue weighted by Gasteiger charge is -2.27. The normalized spacial score (nSPS) is 21.4. The van der Waals surface area contributed by atoms with Gasteiger partial charge in [0.2, 0.25) is 0 Å². The van der Waals surface area contributed by atoms with Crippen molar-refractivity contribution in [3.63, 3.8) is 0 Å². The molecule has 4 nitrogen and oxygen atoms in total. The van der Waals surface area contributed by atoms with Crippen LogP contribution < -0.4 is 0 Å². The van der Waals surface area contributed by atoms with E-state index in [4.69, 9.17) is 4.74 Å². The summed E-state index contributed by atoms with van der Waals surface area (Å²) in [5.41, 5.74) is -0.474. The molecule has 90 valence electrons. The first kappa shape index (κ1) is 12.7. The van der Waals surface area contributed by atoms with Crippen LogP contribution in [0.3, 0.4) is 0 Å². The Morgan fingerprint density at radius 3 is 2.69 bits per heavy atom. The third kappa shape index (κ3) is 3.68. The summed E-state index contributed by atoms with van der Waals surface area (Å²) in [5, 5.41) is 0. The van der Waals surface area contributed by atoms with E-state index < -0.39 is 5.60 Å². The van der Waals surface area contributed by atoms with Crippen molar-refractivity contribution in [2.75, 3.05) is 6.54 Å². The number of nitrogens with zero attached hydrogens (tertiary/aromatic N) is 1. The molecule has 1 heterocycles. The van der Waals surface area contributed by atoms with Gasteiger partial charge in [0.05, 0.1) is 6.04 Å². The highest BCUT2D eigenvalue weighted by atomic mass is 16.6.